The first-order valence-corrected chi connectivity index (χ1v) is 6.06. The molecule has 0 amide bonds. The molecule has 0 radical (unpaired) electrons. The Morgan fingerprint density at radius 2 is 1.95 bits per heavy atom. The fraction of sp³-hybridized carbons (Fsp3) is 0.200. The van der Waals surface area contributed by atoms with E-state index < -0.39 is 5.82 Å². The second-order valence-corrected chi connectivity index (χ2v) is 4.17. The van der Waals surface area contributed by atoms with E-state index in [4.69, 9.17) is 15.2 Å². The molecule has 0 aliphatic heterocycles. The Balaban J connectivity index is 2.31. The van der Waals surface area contributed by atoms with E-state index in [2.05, 4.69) is 0 Å². The van der Waals surface area contributed by atoms with Crippen LogP contribution in [0.2, 0.25) is 0 Å². The normalized spacial score (nSPS) is 10.3. The second kappa shape index (κ2) is 5.61. The number of nitrogen functional groups attached to an aromatic ring is 1. The van der Waals surface area contributed by atoms with Gasteiger partial charge in [-0.15, -0.1) is 0 Å². The zero-order valence-electron chi connectivity index (χ0n) is 10.9. The predicted molar refractivity (Wildman–Crippen MR) is 73.2 cm³/mol. The first-order valence-electron chi connectivity index (χ1n) is 6.06. The Morgan fingerprint density at radius 3 is 2.63 bits per heavy atom. The summed E-state index contributed by atoms with van der Waals surface area (Å²) in [7, 11) is 0. The maximum Gasteiger partial charge on any atom is 0.167 e. The summed E-state index contributed by atoms with van der Waals surface area (Å²) in [4.78, 5) is 0. The zero-order valence-corrected chi connectivity index (χ0v) is 10.9. The first-order chi connectivity index (χ1) is 9.10. The molecule has 0 spiro atoms. The average Bonchev–Trinajstić information content (AvgIpc) is 2.35. The van der Waals surface area contributed by atoms with Crippen molar-refractivity contribution in [2.75, 3.05) is 12.3 Å². The standard InChI is InChI=1S/C15H16FNO2/c1-3-18-14-9-15(13(17)8-12(14)16)19-11-6-4-5-10(2)7-11/h4-9H,3,17H2,1-2H3. The van der Waals surface area contributed by atoms with Crippen LogP contribution in [0.1, 0.15) is 12.5 Å². The Kier molecular flexibility index (Phi) is 3.90. The Hall–Kier alpha value is -2.23. The second-order valence-electron chi connectivity index (χ2n) is 4.17. The quantitative estimate of drug-likeness (QED) is 0.849. The molecule has 3 nitrogen and oxygen atoms in total. The molecular formula is C15H16FNO2. The van der Waals surface area contributed by atoms with Gasteiger partial charge in [-0.3, -0.25) is 0 Å². The molecule has 0 aromatic heterocycles. The van der Waals surface area contributed by atoms with Gasteiger partial charge in [0.2, 0.25) is 0 Å². The van der Waals surface area contributed by atoms with Gasteiger partial charge in [-0.25, -0.2) is 4.39 Å². The highest BCUT2D eigenvalue weighted by Crippen LogP contribution is 2.33. The molecule has 0 saturated carbocycles. The van der Waals surface area contributed by atoms with Crippen molar-refractivity contribution in [1.29, 1.82) is 0 Å². The van der Waals surface area contributed by atoms with Crippen LogP contribution in [0.4, 0.5) is 10.1 Å². The van der Waals surface area contributed by atoms with E-state index >= 15 is 0 Å². The molecule has 0 bridgehead atoms. The summed E-state index contributed by atoms with van der Waals surface area (Å²) in [6.45, 7) is 4.13. The van der Waals surface area contributed by atoms with Crippen molar-refractivity contribution in [2.45, 2.75) is 13.8 Å². The molecule has 100 valence electrons. The van der Waals surface area contributed by atoms with Crippen molar-refractivity contribution < 1.29 is 13.9 Å². The van der Waals surface area contributed by atoms with Crippen LogP contribution in [0.25, 0.3) is 0 Å². The number of hydrogen-bond acceptors (Lipinski definition) is 3. The highest BCUT2D eigenvalue weighted by atomic mass is 19.1. The van der Waals surface area contributed by atoms with Crippen LogP contribution in [-0.4, -0.2) is 6.61 Å². The van der Waals surface area contributed by atoms with Crippen molar-refractivity contribution in [1.82, 2.24) is 0 Å². The number of hydrogen-bond donors (Lipinski definition) is 1. The lowest BCUT2D eigenvalue weighted by Gasteiger charge is -2.12. The minimum atomic E-state index is -0.490. The van der Waals surface area contributed by atoms with Crippen LogP contribution in [0.5, 0.6) is 17.2 Å². The molecule has 2 aromatic rings. The third kappa shape index (κ3) is 3.16. The average molecular weight is 261 g/mol. The number of benzene rings is 2. The number of ether oxygens (including phenoxy) is 2. The summed E-state index contributed by atoms with van der Waals surface area (Å²) < 4.78 is 24.4. The van der Waals surface area contributed by atoms with E-state index in [0.29, 0.717) is 18.1 Å². The van der Waals surface area contributed by atoms with Crippen LogP contribution in [0, 0.1) is 12.7 Å². The van der Waals surface area contributed by atoms with Crippen molar-refractivity contribution in [2.24, 2.45) is 0 Å². The number of halogens is 1. The SMILES string of the molecule is CCOc1cc(Oc2cccc(C)c2)c(N)cc1F. The Morgan fingerprint density at radius 1 is 1.16 bits per heavy atom. The van der Waals surface area contributed by atoms with E-state index in [1.807, 2.05) is 31.2 Å². The zero-order chi connectivity index (χ0) is 13.8. The summed E-state index contributed by atoms with van der Waals surface area (Å²) in [6.07, 6.45) is 0. The molecule has 0 heterocycles. The highest BCUT2D eigenvalue weighted by Gasteiger charge is 2.10. The van der Waals surface area contributed by atoms with Crippen LogP contribution >= 0.6 is 0 Å². The third-order valence-corrected chi connectivity index (χ3v) is 2.58. The van der Waals surface area contributed by atoms with Gasteiger partial charge in [-0.05, 0) is 31.5 Å². The fourth-order valence-corrected chi connectivity index (χ4v) is 1.71. The van der Waals surface area contributed by atoms with Gasteiger partial charge in [0, 0.05) is 12.1 Å². The maximum atomic E-state index is 13.6. The highest BCUT2D eigenvalue weighted by molar-refractivity contribution is 5.57. The fourth-order valence-electron chi connectivity index (χ4n) is 1.71. The first kappa shape index (κ1) is 13.2. The minimum absolute atomic E-state index is 0.138. The Bertz CT molecular complexity index is 584. The number of rotatable bonds is 4. The lowest BCUT2D eigenvalue weighted by atomic mass is 10.2. The van der Waals surface area contributed by atoms with Crippen LogP contribution in [0.15, 0.2) is 36.4 Å². The largest absolute Gasteiger partial charge is 0.491 e. The number of nitrogens with two attached hydrogens (primary N) is 1. The molecule has 0 aliphatic carbocycles. The lowest BCUT2D eigenvalue weighted by molar-refractivity contribution is 0.319. The molecule has 4 heteroatoms. The molecule has 2 rings (SSSR count). The van der Waals surface area contributed by atoms with Gasteiger partial charge in [-0.1, -0.05) is 12.1 Å². The van der Waals surface area contributed by atoms with Crippen LogP contribution < -0.4 is 15.2 Å². The van der Waals surface area contributed by atoms with E-state index in [1.165, 1.54) is 12.1 Å². The summed E-state index contributed by atoms with van der Waals surface area (Å²) in [5.41, 5.74) is 7.06. The van der Waals surface area contributed by atoms with E-state index in [9.17, 15) is 4.39 Å². The van der Waals surface area contributed by atoms with Gasteiger partial charge in [0.15, 0.2) is 17.3 Å². The van der Waals surface area contributed by atoms with E-state index in [1.54, 1.807) is 6.92 Å². The molecule has 0 unspecified atom stereocenters. The summed E-state index contributed by atoms with van der Waals surface area (Å²) in [5.74, 6) is 0.687. The molecular weight excluding hydrogens is 245 g/mol. The number of anilines is 1. The van der Waals surface area contributed by atoms with Crippen LogP contribution in [-0.2, 0) is 0 Å². The topological polar surface area (TPSA) is 44.5 Å². The molecule has 2 N–H and O–H groups in total. The van der Waals surface area contributed by atoms with Crippen molar-refractivity contribution in [3.8, 4) is 17.2 Å². The van der Waals surface area contributed by atoms with Crippen molar-refractivity contribution in [3.63, 3.8) is 0 Å². The summed E-state index contributed by atoms with van der Waals surface area (Å²) in [5, 5.41) is 0. The van der Waals surface area contributed by atoms with Gasteiger partial charge < -0.3 is 15.2 Å². The molecule has 19 heavy (non-hydrogen) atoms. The molecule has 2 aromatic carbocycles. The number of aryl methyl sites for hydroxylation is 1. The monoisotopic (exact) mass is 261 g/mol. The van der Waals surface area contributed by atoms with E-state index in [-0.39, 0.29) is 11.4 Å². The van der Waals surface area contributed by atoms with E-state index in [0.717, 1.165) is 5.56 Å². The summed E-state index contributed by atoms with van der Waals surface area (Å²) >= 11 is 0. The van der Waals surface area contributed by atoms with Gasteiger partial charge >= 0.3 is 0 Å². The molecule has 0 fully saturated rings. The maximum absolute atomic E-state index is 13.6. The summed E-state index contributed by atoms with van der Waals surface area (Å²) in [6, 6.07) is 10.2. The van der Waals surface area contributed by atoms with Crippen molar-refractivity contribution in [3.05, 3.63) is 47.8 Å². The smallest absolute Gasteiger partial charge is 0.167 e. The van der Waals surface area contributed by atoms with Gasteiger partial charge in [-0.2, -0.15) is 0 Å². The molecule has 0 saturated heterocycles. The molecule has 0 aliphatic rings. The van der Waals surface area contributed by atoms with Gasteiger partial charge in [0.1, 0.15) is 5.75 Å². The van der Waals surface area contributed by atoms with Crippen LogP contribution in [0.3, 0.4) is 0 Å². The molecule has 0 atom stereocenters. The van der Waals surface area contributed by atoms with Gasteiger partial charge in [0.05, 0.1) is 12.3 Å². The van der Waals surface area contributed by atoms with Gasteiger partial charge in [0.25, 0.3) is 0 Å². The minimum Gasteiger partial charge on any atom is -0.491 e. The predicted octanol–water partition coefficient (Wildman–Crippen LogP) is 3.91. The third-order valence-electron chi connectivity index (χ3n) is 2.58. The Labute approximate surface area is 111 Å². The van der Waals surface area contributed by atoms with Crippen molar-refractivity contribution >= 4 is 5.69 Å². The lowest BCUT2D eigenvalue weighted by Crippen LogP contribution is -1.99.